The molecule has 5 nitrogen and oxygen atoms in total. The molecule has 0 saturated carbocycles. The van der Waals surface area contributed by atoms with Gasteiger partial charge in [-0.2, -0.15) is 9.97 Å². The van der Waals surface area contributed by atoms with E-state index >= 15 is 0 Å². The Hall–Kier alpha value is -2.30. The van der Waals surface area contributed by atoms with Crippen molar-refractivity contribution in [3.63, 3.8) is 0 Å². The monoisotopic (exact) mass is 255 g/mol. The Morgan fingerprint density at radius 1 is 1.16 bits per heavy atom. The van der Waals surface area contributed by atoms with E-state index in [-0.39, 0.29) is 12.0 Å². The second-order valence-electron chi connectivity index (χ2n) is 4.82. The number of aryl methyl sites for hydroxylation is 1. The summed E-state index contributed by atoms with van der Waals surface area (Å²) in [5, 5.41) is 3.41. The number of nitrogens with one attached hydrogen (secondary N) is 1. The zero-order valence-corrected chi connectivity index (χ0v) is 10.6. The third-order valence-corrected chi connectivity index (χ3v) is 3.45. The molecule has 2 aromatic rings. The number of aromatic nitrogens is 2. The highest BCUT2D eigenvalue weighted by molar-refractivity contribution is 5.50. The van der Waals surface area contributed by atoms with E-state index in [0.717, 1.165) is 12.8 Å². The summed E-state index contributed by atoms with van der Waals surface area (Å²) >= 11 is 0. The predicted molar refractivity (Wildman–Crippen MR) is 76.6 cm³/mol. The first-order chi connectivity index (χ1) is 9.22. The van der Waals surface area contributed by atoms with Crippen LogP contribution in [0.25, 0.3) is 0 Å². The minimum Gasteiger partial charge on any atom is -0.383 e. The lowest BCUT2D eigenvalue weighted by Gasteiger charge is -2.26. The van der Waals surface area contributed by atoms with Crippen molar-refractivity contribution in [2.24, 2.45) is 0 Å². The lowest BCUT2D eigenvalue weighted by atomic mass is 9.88. The maximum absolute atomic E-state index is 5.69. The third-order valence-electron chi connectivity index (χ3n) is 3.45. The molecule has 1 aliphatic rings. The van der Waals surface area contributed by atoms with E-state index in [4.69, 9.17) is 11.5 Å². The quantitative estimate of drug-likeness (QED) is 0.764. The molecule has 0 radical (unpaired) electrons. The summed E-state index contributed by atoms with van der Waals surface area (Å²) in [4.78, 5) is 8.05. The lowest BCUT2D eigenvalue weighted by molar-refractivity contribution is 0.598. The van der Waals surface area contributed by atoms with Crippen LogP contribution >= 0.6 is 0 Å². The van der Waals surface area contributed by atoms with Crippen LogP contribution < -0.4 is 16.8 Å². The maximum atomic E-state index is 5.69. The number of hydrogen-bond donors (Lipinski definition) is 3. The van der Waals surface area contributed by atoms with Gasteiger partial charge in [-0.15, -0.1) is 0 Å². The van der Waals surface area contributed by atoms with Gasteiger partial charge >= 0.3 is 0 Å². The summed E-state index contributed by atoms with van der Waals surface area (Å²) in [6, 6.07) is 10.5. The van der Waals surface area contributed by atoms with Gasteiger partial charge in [0.2, 0.25) is 5.95 Å². The number of hydrogen-bond acceptors (Lipinski definition) is 5. The number of nitrogen functional groups attached to an aromatic ring is 2. The maximum Gasteiger partial charge on any atom is 0.223 e. The smallest absolute Gasteiger partial charge is 0.223 e. The van der Waals surface area contributed by atoms with Crippen LogP contribution in [0.5, 0.6) is 0 Å². The summed E-state index contributed by atoms with van der Waals surface area (Å²) in [5.74, 6) is 1.28. The Kier molecular flexibility index (Phi) is 2.95. The van der Waals surface area contributed by atoms with Crippen LogP contribution in [0.15, 0.2) is 30.3 Å². The summed E-state index contributed by atoms with van der Waals surface area (Å²) in [6.07, 6.45) is 3.40. The third kappa shape index (κ3) is 2.45. The van der Waals surface area contributed by atoms with Gasteiger partial charge in [-0.05, 0) is 30.4 Å². The normalized spacial score (nSPS) is 17.8. The fourth-order valence-electron chi connectivity index (χ4n) is 2.64. The molecule has 1 aromatic carbocycles. The first-order valence-corrected chi connectivity index (χ1v) is 6.47. The van der Waals surface area contributed by atoms with Crippen molar-refractivity contribution in [2.45, 2.75) is 25.3 Å². The molecule has 1 unspecified atom stereocenters. The Morgan fingerprint density at radius 2 is 2.00 bits per heavy atom. The van der Waals surface area contributed by atoms with Crippen molar-refractivity contribution in [3.8, 4) is 0 Å². The van der Waals surface area contributed by atoms with Crippen LogP contribution in [0.3, 0.4) is 0 Å². The van der Waals surface area contributed by atoms with Crippen molar-refractivity contribution in [1.82, 2.24) is 9.97 Å². The van der Waals surface area contributed by atoms with Crippen molar-refractivity contribution < 1.29 is 0 Å². The number of rotatable bonds is 2. The molecule has 0 spiro atoms. The van der Waals surface area contributed by atoms with Crippen molar-refractivity contribution in [2.75, 3.05) is 16.8 Å². The first-order valence-electron chi connectivity index (χ1n) is 6.47. The van der Waals surface area contributed by atoms with Crippen molar-refractivity contribution in [1.29, 1.82) is 0 Å². The van der Waals surface area contributed by atoms with E-state index < -0.39 is 0 Å². The number of fused-ring (bicyclic) bond motifs is 1. The van der Waals surface area contributed by atoms with E-state index in [2.05, 4.69) is 39.6 Å². The summed E-state index contributed by atoms with van der Waals surface area (Å²) in [5.41, 5.74) is 14.0. The fourth-order valence-corrected chi connectivity index (χ4v) is 2.64. The Bertz CT molecular complexity index is 576. The van der Waals surface area contributed by atoms with Crippen LogP contribution in [-0.2, 0) is 6.42 Å². The minimum atomic E-state index is 0.201. The highest BCUT2D eigenvalue weighted by Gasteiger charge is 2.20. The molecule has 1 atom stereocenters. The van der Waals surface area contributed by atoms with Gasteiger partial charge in [0.1, 0.15) is 11.6 Å². The van der Waals surface area contributed by atoms with Gasteiger partial charge in [-0.3, -0.25) is 0 Å². The van der Waals surface area contributed by atoms with E-state index in [9.17, 15) is 0 Å². The van der Waals surface area contributed by atoms with Crippen molar-refractivity contribution >= 4 is 17.6 Å². The van der Waals surface area contributed by atoms with Gasteiger partial charge in [-0.25, -0.2) is 0 Å². The number of anilines is 3. The molecular weight excluding hydrogens is 238 g/mol. The highest BCUT2D eigenvalue weighted by atomic mass is 15.1. The Morgan fingerprint density at radius 3 is 2.84 bits per heavy atom. The van der Waals surface area contributed by atoms with Crippen LogP contribution in [0.4, 0.5) is 17.6 Å². The Balaban J connectivity index is 1.88. The minimum absolute atomic E-state index is 0.201. The molecular formula is C14H17N5. The van der Waals surface area contributed by atoms with Gasteiger partial charge in [0.15, 0.2) is 0 Å². The second kappa shape index (κ2) is 4.76. The summed E-state index contributed by atoms with van der Waals surface area (Å²) in [7, 11) is 0. The van der Waals surface area contributed by atoms with Gasteiger partial charge in [0.25, 0.3) is 0 Å². The molecule has 0 saturated heterocycles. The highest BCUT2D eigenvalue weighted by Crippen LogP contribution is 2.32. The molecule has 0 aliphatic heterocycles. The molecule has 5 N–H and O–H groups in total. The molecule has 0 bridgehead atoms. The van der Waals surface area contributed by atoms with E-state index in [1.807, 2.05) is 0 Å². The molecule has 98 valence electrons. The average Bonchev–Trinajstić information content (AvgIpc) is 2.38. The van der Waals surface area contributed by atoms with Gasteiger partial charge < -0.3 is 16.8 Å². The Labute approximate surface area is 112 Å². The second-order valence-corrected chi connectivity index (χ2v) is 4.82. The predicted octanol–water partition coefficient (Wildman–Crippen LogP) is 2.13. The number of benzene rings is 1. The van der Waals surface area contributed by atoms with Crippen molar-refractivity contribution in [3.05, 3.63) is 41.5 Å². The fraction of sp³-hybridized carbons (Fsp3) is 0.286. The molecule has 1 heterocycles. The first kappa shape index (κ1) is 11.8. The van der Waals surface area contributed by atoms with Gasteiger partial charge in [-0.1, -0.05) is 24.3 Å². The zero-order valence-electron chi connectivity index (χ0n) is 10.6. The topological polar surface area (TPSA) is 89.8 Å². The molecule has 19 heavy (non-hydrogen) atoms. The molecule has 0 fully saturated rings. The van der Waals surface area contributed by atoms with Gasteiger partial charge in [0, 0.05) is 6.07 Å². The number of nitrogens with zero attached hydrogens (tertiary/aromatic N) is 2. The molecule has 0 amide bonds. The van der Waals surface area contributed by atoms with Crippen LogP contribution in [-0.4, -0.2) is 9.97 Å². The molecule has 1 aromatic heterocycles. The van der Waals surface area contributed by atoms with Crippen LogP contribution in [0.2, 0.25) is 0 Å². The standard InChI is InChI=1S/C14H17N5/c15-12-8-13(19-14(16)18-12)17-11-7-3-5-9-4-1-2-6-10(9)11/h1-2,4,6,8,11H,3,5,7H2,(H5,15,16,17,18,19). The van der Waals surface area contributed by atoms with E-state index in [0.29, 0.717) is 11.6 Å². The molecule has 1 aliphatic carbocycles. The largest absolute Gasteiger partial charge is 0.383 e. The summed E-state index contributed by atoms with van der Waals surface area (Å²) < 4.78 is 0. The van der Waals surface area contributed by atoms with Gasteiger partial charge in [0.05, 0.1) is 6.04 Å². The lowest BCUT2D eigenvalue weighted by Crippen LogP contribution is -2.18. The van der Waals surface area contributed by atoms with E-state index in [1.165, 1.54) is 17.5 Å². The zero-order chi connectivity index (χ0) is 13.2. The average molecular weight is 255 g/mol. The SMILES string of the molecule is Nc1cc(NC2CCCc3ccccc32)nc(N)n1. The van der Waals surface area contributed by atoms with E-state index in [1.54, 1.807) is 6.07 Å². The van der Waals surface area contributed by atoms with Crippen LogP contribution in [0.1, 0.15) is 30.0 Å². The molecule has 5 heteroatoms. The summed E-state index contributed by atoms with van der Waals surface area (Å²) in [6.45, 7) is 0. The molecule has 3 rings (SSSR count). The number of nitrogens with two attached hydrogens (primary N) is 2. The van der Waals surface area contributed by atoms with Crippen LogP contribution in [0, 0.1) is 0 Å².